The van der Waals surface area contributed by atoms with Crippen LogP contribution in [0.2, 0.25) is 0 Å². The first-order valence-electron chi connectivity index (χ1n) is 5.46. The third-order valence-electron chi connectivity index (χ3n) is 3.22. The molecule has 0 heterocycles. The summed E-state index contributed by atoms with van der Waals surface area (Å²) in [5, 5.41) is 0. The van der Waals surface area contributed by atoms with Gasteiger partial charge in [0.25, 0.3) is 0 Å². The SMILES string of the molecule is CC(=O)C1(C/C=C/c2ccccc2)CC1. The summed E-state index contributed by atoms with van der Waals surface area (Å²) in [6.07, 6.45) is 7.27. The van der Waals surface area contributed by atoms with Crippen LogP contribution in [-0.2, 0) is 4.79 Å². The molecular weight excluding hydrogens is 184 g/mol. The van der Waals surface area contributed by atoms with E-state index in [4.69, 9.17) is 0 Å². The molecule has 1 saturated carbocycles. The second-order valence-corrected chi connectivity index (χ2v) is 4.35. The van der Waals surface area contributed by atoms with Gasteiger partial charge in [0, 0.05) is 5.41 Å². The molecule has 1 aliphatic rings. The maximum absolute atomic E-state index is 11.3. The number of allylic oxidation sites excluding steroid dienone is 1. The molecule has 0 amide bonds. The van der Waals surface area contributed by atoms with Crippen molar-refractivity contribution in [1.29, 1.82) is 0 Å². The number of carbonyl (C=O) groups excluding carboxylic acids is 1. The van der Waals surface area contributed by atoms with Crippen molar-refractivity contribution >= 4 is 11.9 Å². The van der Waals surface area contributed by atoms with Crippen LogP contribution in [0.25, 0.3) is 6.08 Å². The summed E-state index contributed by atoms with van der Waals surface area (Å²) in [6, 6.07) is 10.2. The summed E-state index contributed by atoms with van der Waals surface area (Å²) in [6.45, 7) is 1.71. The fraction of sp³-hybridized carbons (Fsp3) is 0.357. The predicted octanol–water partition coefficient (Wildman–Crippen LogP) is 3.46. The monoisotopic (exact) mass is 200 g/mol. The minimum Gasteiger partial charge on any atom is -0.299 e. The highest BCUT2D eigenvalue weighted by Gasteiger charge is 2.45. The first-order chi connectivity index (χ1) is 7.23. The van der Waals surface area contributed by atoms with Gasteiger partial charge in [0.15, 0.2) is 0 Å². The van der Waals surface area contributed by atoms with Crippen LogP contribution in [0.5, 0.6) is 0 Å². The Morgan fingerprint density at radius 3 is 2.53 bits per heavy atom. The molecule has 1 aromatic rings. The molecule has 0 aliphatic heterocycles. The van der Waals surface area contributed by atoms with Crippen molar-refractivity contribution in [2.45, 2.75) is 26.2 Å². The molecule has 0 unspecified atom stereocenters. The zero-order chi connectivity index (χ0) is 10.7. The van der Waals surface area contributed by atoms with Gasteiger partial charge < -0.3 is 0 Å². The van der Waals surface area contributed by atoms with Crippen molar-refractivity contribution < 1.29 is 4.79 Å². The van der Waals surface area contributed by atoms with Crippen LogP contribution in [0.15, 0.2) is 36.4 Å². The number of ketones is 1. The molecule has 1 aromatic carbocycles. The number of carbonyl (C=O) groups is 1. The number of hydrogen-bond acceptors (Lipinski definition) is 1. The topological polar surface area (TPSA) is 17.1 Å². The van der Waals surface area contributed by atoms with Gasteiger partial charge in [0.05, 0.1) is 0 Å². The molecule has 0 aromatic heterocycles. The van der Waals surface area contributed by atoms with Crippen LogP contribution in [-0.4, -0.2) is 5.78 Å². The maximum atomic E-state index is 11.3. The smallest absolute Gasteiger partial charge is 0.136 e. The van der Waals surface area contributed by atoms with Crippen LogP contribution < -0.4 is 0 Å². The molecule has 0 N–H and O–H groups in total. The Bertz CT molecular complexity index is 372. The first kappa shape index (κ1) is 10.2. The zero-order valence-electron chi connectivity index (χ0n) is 9.07. The van der Waals surface area contributed by atoms with E-state index in [9.17, 15) is 4.79 Å². The largest absolute Gasteiger partial charge is 0.299 e. The van der Waals surface area contributed by atoms with Gasteiger partial charge in [-0.3, -0.25) is 4.79 Å². The van der Waals surface area contributed by atoms with Crippen LogP contribution >= 0.6 is 0 Å². The minimum atomic E-state index is 0.00524. The molecule has 2 rings (SSSR count). The molecule has 15 heavy (non-hydrogen) atoms. The summed E-state index contributed by atoms with van der Waals surface area (Å²) < 4.78 is 0. The van der Waals surface area contributed by atoms with Gasteiger partial charge in [-0.15, -0.1) is 0 Å². The Labute approximate surface area is 90.8 Å². The second kappa shape index (κ2) is 4.01. The third kappa shape index (κ3) is 2.35. The van der Waals surface area contributed by atoms with Gasteiger partial charge in [-0.2, -0.15) is 0 Å². The van der Waals surface area contributed by atoms with E-state index in [1.54, 1.807) is 6.92 Å². The third-order valence-corrected chi connectivity index (χ3v) is 3.22. The quantitative estimate of drug-likeness (QED) is 0.727. The predicted molar refractivity (Wildman–Crippen MR) is 62.4 cm³/mol. The van der Waals surface area contributed by atoms with E-state index in [0.717, 1.165) is 19.3 Å². The molecule has 0 atom stereocenters. The summed E-state index contributed by atoms with van der Waals surface area (Å²) in [4.78, 5) is 11.3. The normalized spacial score (nSPS) is 17.9. The molecule has 0 saturated heterocycles. The Hall–Kier alpha value is -1.37. The summed E-state index contributed by atoms with van der Waals surface area (Å²) in [5.74, 6) is 0.347. The van der Waals surface area contributed by atoms with Crippen LogP contribution in [0.3, 0.4) is 0 Å². The van der Waals surface area contributed by atoms with Gasteiger partial charge in [-0.1, -0.05) is 42.5 Å². The molecule has 78 valence electrons. The Morgan fingerprint density at radius 2 is 2.00 bits per heavy atom. The first-order valence-corrected chi connectivity index (χ1v) is 5.46. The number of benzene rings is 1. The van der Waals surface area contributed by atoms with Crippen molar-refractivity contribution in [3.05, 3.63) is 42.0 Å². The Kier molecular flexibility index (Phi) is 2.72. The highest BCUT2D eigenvalue weighted by Crippen LogP contribution is 2.49. The summed E-state index contributed by atoms with van der Waals surface area (Å²) >= 11 is 0. The molecule has 0 bridgehead atoms. The van der Waals surface area contributed by atoms with Crippen molar-refractivity contribution in [3.63, 3.8) is 0 Å². The summed E-state index contributed by atoms with van der Waals surface area (Å²) in [7, 11) is 0. The number of rotatable bonds is 4. The lowest BCUT2D eigenvalue weighted by Crippen LogP contribution is -2.09. The van der Waals surface area contributed by atoms with Gasteiger partial charge >= 0.3 is 0 Å². The lowest BCUT2D eigenvalue weighted by atomic mass is 9.97. The van der Waals surface area contributed by atoms with Crippen molar-refractivity contribution in [2.24, 2.45) is 5.41 Å². The van der Waals surface area contributed by atoms with E-state index in [0.29, 0.717) is 5.78 Å². The van der Waals surface area contributed by atoms with Crippen LogP contribution in [0, 0.1) is 5.41 Å². The lowest BCUT2D eigenvalue weighted by molar-refractivity contribution is -0.121. The lowest BCUT2D eigenvalue weighted by Gasteiger charge is -2.06. The molecule has 1 nitrogen and oxygen atoms in total. The van der Waals surface area contributed by atoms with E-state index in [1.165, 1.54) is 5.56 Å². The number of hydrogen-bond donors (Lipinski definition) is 0. The fourth-order valence-electron chi connectivity index (χ4n) is 1.84. The Morgan fingerprint density at radius 1 is 1.33 bits per heavy atom. The van der Waals surface area contributed by atoms with E-state index in [2.05, 4.69) is 24.3 Å². The molecule has 0 spiro atoms. The summed E-state index contributed by atoms with van der Waals surface area (Å²) in [5.41, 5.74) is 1.21. The highest BCUT2D eigenvalue weighted by molar-refractivity contribution is 5.85. The van der Waals surface area contributed by atoms with Gasteiger partial charge in [-0.25, -0.2) is 0 Å². The maximum Gasteiger partial charge on any atom is 0.136 e. The molecule has 1 heteroatoms. The van der Waals surface area contributed by atoms with E-state index in [1.807, 2.05) is 18.2 Å². The van der Waals surface area contributed by atoms with Crippen molar-refractivity contribution in [1.82, 2.24) is 0 Å². The van der Waals surface area contributed by atoms with Crippen LogP contribution in [0.4, 0.5) is 0 Å². The number of Topliss-reactive ketones (excluding diaryl/α,β-unsaturated/α-hetero) is 1. The average Bonchev–Trinajstić information content (AvgIpc) is 3.01. The highest BCUT2D eigenvalue weighted by atomic mass is 16.1. The van der Waals surface area contributed by atoms with Gasteiger partial charge in [0.2, 0.25) is 0 Å². The van der Waals surface area contributed by atoms with Crippen molar-refractivity contribution in [3.8, 4) is 0 Å². The van der Waals surface area contributed by atoms with Gasteiger partial charge in [-0.05, 0) is 31.7 Å². The van der Waals surface area contributed by atoms with Gasteiger partial charge in [0.1, 0.15) is 5.78 Å². The van der Waals surface area contributed by atoms with E-state index < -0.39 is 0 Å². The molecular formula is C14H16O. The molecule has 1 aliphatic carbocycles. The molecule has 1 fully saturated rings. The average molecular weight is 200 g/mol. The standard InChI is InChI=1S/C14H16O/c1-12(15)14(10-11-14)9-5-8-13-6-3-2-4-7-13/h2-8H,9-11H2,1H3/b8-5+. The van der Waals surface area contributed by atoms with E-state index >= 15 is 0 Å². The van der Waals surface area contributed by atoms with E-state index in [-0.39, 0.29) is 5.41 Å². The second-order valence-electron chi connectivity index (χ2n) is 4.35. The van der Waals surface area contributed by atoms with Crippen molar-refractivity contribution in [2.75, 3.05) is 0 Å². The fourth-order valence-corrected chi connectivity index (χ4v) is 1.84. The zero-order valence-corrected chi connectivity index (χ0v) is 9.07. The molecule has 0 radical (unpaired) electrons. The minimum absolute atomic E-state index is 0.00524. The Balaban J connectivity index is 1.94. The van der Waals surface area contributed by atoms with Crippen LogP contribution in [0.1, 0.15) is 31.7 Å².